The lowest BCUT2D eigenvalue weighted by molar-refractivity contribution is -0.356. The number of aliphatic hydroxyl groups excluding tert-OH is 11. The number of rotatable bonds is 10. The molecule has 282 valence electrons. The summed E-state index contributed by atoms with van der Waals surface area (Å²) in [5.41, 5.74) is 0. The topological polar surface area (TPSA) is 410 Å². The highest BCUT2D eigenvalue weighted by Crippen LogP contribution is 2.33. The van der Waals surface area contributed by atoms with Crippen LogP contribution in [0, 0.1) is 0 Å². The Morgan fingerprint density at radius 2 is 1.50 bits per heavy atom. The van der Waals surface area contributed by atoms with Gasteiger partial charge in [0.2, 0.25) is 5.91 Å². The van der Waals surface area contributed by atoms with Crippen LogP contribution in [0.5, 0.6) is 0 Å². The van der Waals surface area contributed by atoms with Crippen LogP contribution in [0.25, 0.3) is 0 Å². The number of hydrogen-bond acceptors (Lipinski definition) is 21. The fourth-order valence-corrected chi connectivity index (χ4v) is 4.96. The van der Waals surface area contributed by atoms with Gasteiger partial charge in [-0.05, 0) is 0 Å². The molecule has 3 fully saturated rings. The fourth-order valence-electron chi connectivity index (χ4n) is 4.96. The van der Waals surface area contributed by atoms with Gasteiger partial charge in [-0.1, -0.05) is 0 Å². The number of carbonyl (C=O) groups excluding carboxylic acids is 2. The third-order valence-electron chi connectivity index (χ3n) is 7.37. The summed E-state index contributed by atoms with van der Waals surface area (Å²) in [5, 5.41) is 123. The second-order valence-electron chi connectivity index (χ2n) is 11.0. The van der Waals surface area contributed by atoms with E-state index in [0.29, 0.717) is 0 Å². The van der Waals surface area contributed by atoms with Gasteiger partial charge in [0.15, 0.2) is 12.6 Å². The summed E-state index contributed by atoms with van der Waals surface area (Å²) in [6.45, 7) is -1.74. The summed E-state index contributed by atoms with van der Waals surface area (Å²) in [6, 6.07) is -1.46. The molecule has 1 amide bonds. The van der Waals surface area contributed by atoms with E-state index in [-0.39, 0.29) is 0 Å². The van der Waals surface area contributed by atoms with Gasteiger partial charge in [0.1, 0.15) is 73.8 Å². The van der Waals surface area contributed by atoms with Crippen molar-refractivity contribution in [3.05, 3.63) is 0 Å². The molecule has 3 heterocycles. The van der Waals surface area contributed by atoms with Crippen LogP contribution in [0.3, 0.4) is 0 Å². The van der Waals surface area contributed by atoms with Crippen molar-refractivity contribution in [2.24, 2.45) is 0 Å². The van der Waals surface area contributed by atoms with E-state index in [9.17, 15) is 70.9 Å². The minimum atomic E-state index is -4.67. The average Bonchev–Trinajstić information content (AvgIpc) is 2.99. The van der Waals surface area contributed by atoms with Gasteiger partial charge < -0.3 is 90.3 Å². The number of amides is 1. The zero-order valence-corrected chi connectivity index (χ0v) is 25.6. The van der Waals surface area contributed by atoms with Crippen molar-refractivity contribution in [2.75, 3.05) is 19.8 Å². The molecular weight excluding hydrogens is 690 g/mol. The third kappa shape index (κ3) is 10.8. The van der Waals surface area contributed by atoms with Crippen molar-refractivity contribution >= 4 is 22.3 Å². The Bertz CT molecular complexity index is 1150. The van der Waals surface area contributed by atoms with E-state index in [2.05, 4.69) is 5.32 Å². The molecule has 0 aromatic rings. The molecule has 3 aliphatic heterocycles. The second kappa shape index (κ2) is 17.4. The number of esters is 1. The number of hydrogen-bond donors (Lipinski definition) is 15. The fraction of sp³-hybridized carbons (Fsp3) is 0.913. The highest BCUT2D eigenvalue weighted by Gasteiger charge is 2.55. The summed E-state index contributed by atoms with van der Waals surface area (Å²) in [7, 11) is -4.67. The minimum absolute atomic E-state index is 0.708. The van der Waals surface area contributed by atoms with Crippen LogP contribution in [0.1, 0.15) is 13.3 Å². The molecule has 3 saturated heterocycles. The zero-order chi connectivity index (χ0) is 36.9. The molecule has 16 atom stereocenters. The Morgan fingerprint density at radius 1 is 0.917 bits per heavy atom. The predicted molar refractivity (Wildman–Crippen MR) is 144 cm³/mol. The van der Waals surface area contributed by atoms with Gasteiger partial charge in [-0.3, -0.25) is 13.9 Å². The number of aliphatic hydroxyl groups is 12. The molecule has 3 aliphatic rings. The molecule has 0 unspecified atom stereocenters. The Kier molecular flexibility index (Phi) is 15.3. The van der Waals surface area contributed by atoms with Gasteiger partial charge in [-0.2, -0.15) is 8.42 Å². The first-order chi connectivity index (χ1) is 22.1. The van der Waals surface area contributed by atoms with Gasteiger partial charge >= 0.3 is 16.4 Å². The van der Waals surface area contributed by atoms with Crippen LogP contribution in [0.2, 0.25) is 0 Å². The van der Waals surface area contributed by atoms with E-state index in [4.69, 9.17) is 41.2 Å². The highest BCUT2D eigenvalue weighted by atomic mass is 32.3. The van der Waals surface area contributed by atoms with Gasteiger partial charge in [0, 0.05) is 13.3 Å². The molecule has 0 aromatic carbocycles. The van der Waals surface area contributed by atoms with Crippen LogP contribution in [-0.4, -0.2) is 208 Å². The second-order valence-corrected chi connectivity index (χ2v) is 11.9. The molecular formula is C23H41NO23S. The third-order valence-corrected chi connectivity index (χ3v) is 7.37. The summed E-state index contributed by atoms with van der Waals surface area (Å²) in [4.78, 5) is 24.5. The van der Waals surface area contributed by atoms with Gasteiger partial charge in [-0.15, -0.1) is 0 Å². The van der Waals surface area contributed by atoms with Crippen LogP contribution < -0.4 is 5.32 Å². The van der Waals surface area contributed by atoms with Crippen LogP contribution in [-0.2, 0) is 43.7 Å². The Balaban J connectivity index is 0.00000149. The van der Waals surface area contributed by atoms with Gasteiger partial charge in [0.05, 0.1) is 25.4 Å². The van der Waals surface area contributed by atoms with E-state index in [1.54, 1.807) is 0 Å². The van der Waals surface area contributed by atoms with Crippen molar-refractivity contribution in [1.29, 1.82) is 0 Å². The van der Waals surface area contributed by atoms with Crippen LogP contribution in [0.15, 0.2) is 0 Å². The van der Waals surface area contributed by atoms with Crippen molar-refractivity contribution in [3.8, 4) is 0 Å². The smallest absolute Gasteiger partial charge is 0.394 e. The maximum Gasteiger partial charge on any atom is 0.394 e. The lowest BCUT2D eigenvalue weighted by atomic mass is 9.88. The molecule has 0 bridgehead atoms. The quantitative estimate of drug-likeness (QED) is 0.0732. The van der Waals surface area contributed by atoms with E-state index in [1.165, 1.54) is 0 Å². The van der Waals surface area contributed by atoms with Crippen molar-refractivity contribution < 1.29 is 112 Å². The average molecular weight is 732 g/mol. The van der Waals surface area contributed by atoms with Crippen molar-refractivity contribution in [1.82, 2.24) is 5.32 Å². The maximum atomic E-state index is 12.9. The molecule has 24 nitrogen and oxygen atoms in total. The first-order valence-electron chi connectivity index (χ1n) is 13.9. The molecule has 0 spiro atoms. The predicted octanol–water partition coefficient (Wildman–Crippen LogP) is -9.44. The maximum absolute atomic E-state index is 12.9. The van der Waals surface area contributed by atoms with Crippen molar-refractivity contribution in [3.63, 3.8) is 0 Å². The summed E-state index contributed by atoms with van der Waals surface area (Å²) >= 11 is 0. The molecule has 0 saturated carbocycles. The lowest BCUT2D eigenvalue weighted by Gasteiger charge is -2.46. The SMILES string of the molecule is CC(=O)N[C@H]1[C@H]([C@H](O)[C@H](O)CO)O[C@](O)(C(=O)OC[C@H]2O[C@@H](O[C@H]3[C@H](O)[C@@H](O)[C@@H](O)O[C@@H]3CO)[C@H](O)[C@@H](O)[C@H]2O)C[C@@H]1O.O=S(=O)(O)O. The molecule has 3 rings (SSSR count). The standard InChI is InChI=1S/C23H39NO19.H2O4S/c1-6(27)24-11-7(28)2-23(38,43-19(11)12(30)8(29)3-25)22(37)39-5-10-13(31)14(32)17(35)21(41-10)42-18-9(4-26)40-20(36)16(34)15(18)33;1-5(2,3)4/h7-21,25-26,28-36,38H,2-5H2,1H3,(H,24,27);(H2,1,2,3,4)/t7-,8+,9+,10+,11+,12+,13-,14-,15+,16+,17+,18+,19+,20-,21-,23-;/m0./s1. The molecule has 0 aromatic heterocycles. The van der Waals surface area contributed by atoms with E-state index >= 15 is 0 Å². The normalized spacial score (nSPS) is 41.7. The molecule has 15 N–H and O–H groups in total. The summed E-state index contributed by atoms with van der Waals surface area (Å²) < 4.78 is 57.5. The molecule has 25 heteroatoms. The monoisotopic (exact) mass is 731 g/mol. The van der Waals surface area contributed by atoms with Gasteiger partial charge in [0.25, 0.3) is 5.79 Å². The van der Waals surface area contributed by atoms with Crippen LogP contribution >= 0.6 is 0 Å². The Hall–Kier alpha value is -1.83. The molecule has 0 radical (unpaired) electrons. The summed E-state index contributed by atoms with van der Waals surface area (Å²) in [5.74, 6) is -5.34. The number of carbonyl (C=O) groups is 2. The molecule has 0 aliphatic carbocycles. The Morgan fingerprint density at radius 3 is 2.02 bits per heavy atom. The summed E-state index contributed by atoms with van der Waals surface area (Å²) in [6.07, 6.45) is -26.8. The van der Waals surface area contributed by atoms with Crippen molar-refractivity contribution in [2.45, 2.75) is 111 Å². The minimum Gasteiger partial charge on any atom is -0.459 e. The zero-order valence-electron chi connectivity index (χ0n) is 24.8. The lowest BCUT2D eigenvalue weighted by Crippen LogP contribution is -2.67. The highest BCUT2D eigenvalue weighted by molar-refractivity contribution is 7.79. The van der Waals surface area contributed by atoms with E-state index in [0.717, 1.165) is 6.92 Å². The van der Waals surface area contributed by atoms with E-state index < -0.39 is 146 Å². The molecule has 48 heavy (non-hydrogen) atoms. The number of ether oxygens (including phenoxy) is 5. The first-order valence-corrected chi connectivity index (χ1v) is 15.3. The van der Waals surface area contributed by atoms with Gasteiger partial charge in [-0.25, -0.2) is 4.79 Å². The van der Waals surface area contributed by atoms with E-state index in [1.807, 2.05) is 0 Å². The Labute approximate surface area is 270 Å². The first kappa shape index (κ1) is 42.3. The van der Waals surface area contributed by atoms with Crippen LogP contribution in [0.4, 0.5) is 0 Å². The largest absolute Gasteiger partial charge is 0.459 e. The number of nitrogens with one attached hydrogen (secondary N) is 1.